The minimum absolute atomic E-state index is 0.0958. The molecular weight excluding hydrogens is 280 g/mol. The van der Waals surface area contributed by atoms with Crippen LogP contribution in [-0.2, 0) is 4.79 Å². The van der Waals surface area contributed by atoms with E-state index in [0.29, 0.717) is 5.25 Å². The number of carboxylic acid groups (broad SMARTS) is 1. The Hall–Kier alpha value is -0.950. The van der Waals surface area contributed by atoms with Crippen molar-refractivity contribution in [1.29, 1.82) is 0 Å². The van der Waals surface area contributed by atoms with E-state index in [1.165, 1.54) is 11.3 Å². The highest BCUT2D eigenvalue weighted by Crippen LogP contribution is 2.28. The highest BCUT2D eigenvalue weighted by atomic mass is 32.2. The summed E-state index contributed by atoms with van der Waals surface area (Å²) in [5.41, 5.74) is 0. The van der Waals surface area contributed by atoms with Crippen LogP contribution in [0.2, 0.25) is 0 Å². The molecule has 2 unspecified atom stereocenters. The summed E-state index contributed by atoms with van der Waals surface area (Å²) in [5, 5.41) is 22.1. The van der Waals surface area contributed by atoms with Gasteiger partial charge >= 0.3 is 12.0 Å². The summed E-state index contributed by atoms with van der Waals surface area (Å²) in [4.78, 5) is 24.7. The molecule has 2 amide bonds. The quantitative estimate of drug-likeness (QED) is 0.720. The van der Waals surface area contributed by atoms with Crippen LogP contribution in [0.1, 0.15) is 32.1 Å². The Morgan fingerprint density at radius 2 is 2.00 bits per heavy atom. The molecule has 1 heterocycles. The Morgan fingerprint density at radius 1 is 1.30 bits per heavy atom. The summed E-state index contributed by atoms with van der Waals surface area (Å²) in [6.45, 7) is 0.0967. The van der Waals surface area contributed by atoms with E-state index in [9.17, 15) is 14.7 Å². The van der Waals surface area contributed by atoms with Crippen molar-refractivity contribution in [1.82, 2.24) is 10.2 Å². The first-order chi connectivity index (χ1) is 9.52. The number of amides is 2. The molecule has 1 aliphatic carbocycles. The number of aliphatic hydroxyl groups excluding tert-OH is 1. The van der Waals surface area contributed by atoms with E-state index in [1.807, 2.05) is 6.26 Å². The van der Waals surface area contributed by atoms with E-state index in [0.717, 1.165) is 19.3 Å². The van der Waals surface area contributed by atoms with Gasteiger partial charge in [0.2, 0.25) is 0 Å². The topological polar surface area (TPSA) is 89.9 Å². The van der Waals surface area contributed by atoms with Crippen molar-refractivity contribution in [2.45, 2.75) is 55.5 Å². The third-order valence-electron chi connectivity index (χ3n) is 4.14. The van der Waals surface area contributed by atoms with Crippen molar-refractivity contribution in [3.8, 4) is 0 Å². The van der Waals surface area contributed by atoms with Gasteiger partial charge < -0.3 is 20.4 Å². The number of nitrogens with one attached hydrogen (secondary N) is 1. The van der Waals surface area contributed by atoms with Crippen molar-refractivity contribution in [3.63, 3.8) is 0 Å². The lowest BCUT2D eigenvalue weighted by molar-refractivity contribution is -0.141. The van der Waals surface area contributed by atoms with Crippen molar-refractivity contribution in [3.05, 3.63) is 0 Å². The molecule has 0 aromatic rings. The van der Waals surface area contributed by atoms with E-state index in [4.69, 9.17) is 5.11 Å². The second-order valence-electron chi connectivity index (χ2n) is 5.51. The van der Waals surface area contributed by atoms with Gasteiger partial charge in [-0.2, -0.15) is 11.8 Å². The summed E-state index contributed by atoms with van der Waals surface area (Å²) >= 11 is 1.75. The van der Waals surface area contributed by atoms with E-state index < -0.39 is 18.1 Å². The van der Waals surface area contributed by atoms with Gasteiger partial charge in [0.05, 0.1) is 6.10 Å². The second-order valence-corrected chi connectivity index (χ2v) is 6.59. The molecular formula is C13H22N2O4S. The number of thioether (sulfide) groups is 1. The van der Waals surface area contributed by atoms with Crippen molar-refractivity contribution in [2.24, 2.45) is 0 Å². The molecule has 0 aromatic carbocycles. The molecule has 4 atom stereocenters. The summed E-state index contributed by atoms with van der Waals surface area (Å²) in [6.07, 6.45) is 5.69. The zero-order valence-corrected chi connectivity index (χ0v) is 12.4. The van der Waals surface area contributed by atoms with Gasteiger partial charge in [0.15, 0.2) is 0 Å². The summed E-state index contributed by atoms with van der Waals surface area (Å²) in [6, 6.07) is -1.18. The number of nitrogens with zero attached hydrogens (tertiary/aromatic N) is 1. The maximum atomic E-state index is 12.3. The Bertz CT molecular complexity index is 379. The van der Waals surface area contributed by atoms with Gasteiger partial charge in [-0.1, -0.05) is 12.8 Å². The van der Waals surface area contributed by atoms with E-state index in [-0.39, 0.29) is 25.0 Å². The first kappa shape index (κ1) is 15.4. The maximum absolute atomic E-state index is 12.3. The van der Waals surface area contributed by atoms with Gasteiger partial charge in [-0.15, -0.1) is 0 Å². The van der Waals surface area contributed by atoms with Gasteiger partial charge in [0.1, 0.15) is 6.04 Å². The van der Waals surface area contributed by atoms with Crippen LogP contribution < -0.4 is 5.32 Å². The fourth-order valence-electron chi connectivity index (χ4n) is 3.06. The minimum Gasteiger partial charge on any atom is -0.480 e. The van der Waals surface area contributed by atoms with Crippen LogP contribution in [0.25, 0.3) is 0 Å². The fraction of sp³-hybridized carbons (Fsp3) is 0.846. The van der Waals surface area contributed by atoms with Crippen molar-refractivity contribution < 1.29 is 19.8 Å². The average molecular weight is 302 g/mol. The molecule has 2 rings (SSSR count). The number of hydrogen-bond donors (Lipinski definition) is 3. The van der Waals surface area contributed by atoms with Gasteiger partial charge in [-0.3, -0.25) is 0 Å². The number of β-amino-alcohol motifs (C(OH)–C–C–N with tert-alkyl or cyclic N) is 1. The number of urea groups is 1. The molecule has 7 heteroatoms. The highest BCUT2D eigenvalue weighted by molar-refractivity contribution is 7.99. The Balaban J connectivity index is 1.98. The lowest BCUT2D eigenvalue weighted by atomic mass is 9.95. The third-order valence-corrected chi connectivity index (χ3v) is 5.31. The van der Waals surface area contributed by atoms with Gasteiger partial charge in [0.25, 0.3) is 0 Å². The van der Waals surface area contributed by atoms with Gasteiger partial charge in [-0.25, -0.2) is 9.59 Å². The highest BCUT2D eigenvalue weighted by Gasteiger charge is 2.40. The minimum atomic E-state index is -1.05. The molecule has 0 aromatic heterocycles. The van der Waals surface area contributed by atoms with Crippen molar-refractivity contribution >= 4 is 23.8 Å². The van der Waals surface area contributed by atoms with Crippen LogP contribution in [0.15, 0.2) is 0 Å². The van der Waals surface area contributed by atoms with Crippen LogP contribution in [-0.4, -0.2) is 63.4 Å². The predicted octanol–water partition coefficient (Wildman–Crippen LogP) is 0.890. The van der Waals surface area contributed by atoms with Crippen LogP contribution in [0, 0.1) is 0 Å². The molecule has 114 valence electrons. The SMILES string of the molecule is CSC1CCCCC1NC(=O)N1C[C@@H](O)C[C@H]1C(=O)O. The zero-order valence-electron chi connectivity index (χ0n) is 11.6. The number of likely N-dealkylation sites (tertiary alicyclic amines) is 1. The molecule has 0 bridgehead atoms. The lowest BCUT2D eigenvalue weighted by Gasteiger charge is -2.33. The lowest BCUT2D eigenvalue weighted by Crippen LogP contribution is -2.52. The molecule has 0 spiro atoms. The average Bonchev–Trinajstić information content (AvgIpc) is 2.82. The monoisotopic (exact) mass is 302 g/mol. The maximum Gasteiger partial charge on any atom is 0.326 e. The van der Waals surface area contributed by atoms with E-state index in [2.05, 4.69) is 5.32 Å². The smallest absolute Gasteiger partial charge is 0.326 e. The van der Waals surface area contributed by atoms with E-state index >= 15 is 0 Å². The summed E-state index contributed by atoms with van der Waals surface area (Å²) < 4.78 is 0. The second kappa shape index (κ2) is 6.67. The molecule has 20 heavy (non-hydrogen) atoms. The van der Waals surface area contributed by atoms with Crippen molar-refractivity contribution in [2.75, 3.05) is 12.8 Å². The first-order valence-corrected chi connectivity index (χ1v) is 8.32. The van der Waals surface area contributed by atoms with Crippen LogP contribution >= 0.6 is 11.8 Å². The number of hydrogen-bond acceptors (Lipinski definition) is 4. The molecule has 0 radical (unpaired) electrons. The Kier molecular flexibility index (Phi) is 5.15. The molecule has 1 saturated heterocycles. The van der Waals surface area contributed by atoms with Gasteiger partial charge in [-0.05, 0) is 19.1 Å². The van der Waals surface area contributed by atoms with Gasteiger partial charge in [0, 0.05) is 24.3 Å². The molecule has 6 nitrogen and oxygen atoms in total. The summed E-state index contributed by atoms with van der Waals surface area (Å²) in [5.74, 6) is -1.05. The van der Waals surface area contributed by atoms with Crippen LogP contribution in [0.3, 0.4) is 0 Å². The normalized spacial score (nSPS) is 34.0. The number of aliphatic carboxylic acids is 1. The number of carboxylic acids is 1. The molecule has 1 aliphatic heterocycles. The number of carbonyl (C=O) groups is 2. The molecule has 2 fully saturated rings. The first-order valence-electron chi connectivity index (χ1n) is 7.03. The van der Waals surface area contributed by atoms with E-state index in [1.54, 1.807) is 11.8 Å². The number of carbonyl (C=O) groups excluding carboxylic acids is 1. The standard InChI is InChI=1S/C13H22N2O4S/c1-20-11-5-3-2-4-9(11)14-13(19)15-7-8(16)6-10(15)12(17)18/h8-11,16H,2-7H2,1H3,(H,14,19)(H,17,18)/t8-,9?,10-,11?/m0/s1. The Labute approximate surface area is 122 Å². The van der Waals surface area contributed by atoms with Crippen LogP contribution in [0.5, 0.6) is 0 Å². The molecule has 1 saturated carbocycles. The fourth-order valence-corrected chi connectivity index (χ4v) is 3.99. The molecule has 2 aliphatic rings. The zero-order chi connectivity index (χ0) is 14.7. The third kappa shape index (κ3) is 3.38. The molecule has 3 N–H and O–H groups in total. The predicted molar refractivity (Wildman–Crippen MR) is 76.8 cm³/mol. The Morgan fingerprint density at radius 3 is 2.65 bits per heavy atom. The summed E-state index contributed by atoms with van der Waals surface area (Å²) in [7, 11) is 0. The van der Waals surface area contributed by atoms with Crippen LogP contribution in [0.4, 0.5) is 4.79 Å². The largest absolute Gasteiger partial charge is 0.480 e. The number of rotatable bonds is 3. The number of aliphatic hydroxyl groups is 1.